The standard InChI is InChI=1S/C10H19NO4S/c12-16(13)5-1-2-11-10(8-16)9-6-14-3-4-15-7-9/h9-11H,1-8H2. The molecule has 16 heavy (non-hydrogen) atoms. The molecule has 2 heterocycles. The minimum atomic E-state index is -2.90. The highest BCUT2D eigenvalue weighted by atomic mass is 32.2. The molecule has 0 spiro atoms. The van der Waals surface area contributed by atoms with E-state index >= 15 is 0 Å². The van der Waals surface area contributed by atoms with Crippen LogP contribution in [0.3, 0.4) is 0 Å². The molecule has 2 rings (SSSR count). The Balaban J connectivity index is 2.00. The second-order valence-electron chi connectivity index (χ2n) is 4.44. The summed E-state index contributed by atoms with van der Waals surface area (Å²) in [5, 5.41) is 3.30. The molecule has 2 aliphatic heterocycles. The Hall–Kier alpha value is -0.170. The molecule has 2 aliphatic rings. The van der Waals surface area contributed by atoms with E-state index in [1.54, 1.807) is 0 Å². The maximum absolute atomic E-state index is 11.7. The van der Waals surface area contributed by atoms with E-state index in [9.17, 15) is 8.42 Å². The van der Waals surface area contributed by atoms with Crippen LogP contribution in [0.2, 0.25) is 0 Å². The number of sulfone groups is 1. The molecule has 0 aromatic rings. The maximum Gasteiger partial charge on any atom is 0.151 e. The highest BCUT2D eigenvalue weighted by Gasteiger charge is 2.30. The van der Waals surface area contributed by atoms with Crippen molar-refractivity contribution < 1.29 is 17.9 Å². The highest BCUT2D eigenvalue weighted by molar-refractivity contribution is 7.91. The van der Waals surface area contributed by atoms with Crippen LogP contribution in [0, 0.1) is 5.92 Å². The Morgan fingerprint density at radius 1 is 1.12 bits per heavy atom. The Bertz CT molecular complexity index is 309. The van der Waals surface area contributed by atoms with Gasteiger partial charge in [-0.1, -0.05) is 0 Å². The molecule has 0 aliphatic carbocycles. The molecular weight excluding hydrogens is 230 g/mol. The fourth-order valence-corrected chi connectivity index (χ4v) is 3.85. The molecule has 1 unspecified atom stereocenters. The van der Waals surface area contributed by atoms with Crippen LogP contribution >= 0.6 is 0 Å². The third-order valence-corrected chi connectivity index (χ3v) is 4.85. The van der Waals surface area contributed by atoms with E-state index in [-0.39, 0.29) is 17.7 Å². The number of nitrogens with one attached hydrogen (secondary N) is 1. The molecule has 5 nitrogen and oxygen atoms in total. The van der Waals surface area contributed by atoms with Gasteiger partial charge in [-0.25, -0.2) is 8.42 Å². The van der Waals surface area contributed by atoms with E-state index in [4.69, 9.17) is 9.47 Å². The zero-order valence-corrected chi connectivity index (χ0v) is 10.2. The Morgan fingerprint density at radius 2 is 1.81 bits per heavy atom. The first-order chi connectivity index (χ1) is 7.67. The molecule has 1 N–H and O–H groups in total. The molecule has 0 radical (unpaired) electrons. The Labute approximate surface area is 96.4 Å². The summed E-state index contributed by atoms with van der Waals surface area (Å²) in [4.78, 5) is 0. The van der Waals surface area contributed by atoms with Gasteiger partial charge in [-0.15, -0.1) is 0 Å². The first-order valence-electron chi connectivity index (χ1n) is 5.77. The number of hydrogen-bond acceptors (Lipinski definition) is 5. The van der Waals surface area contributed by atoms with Gasteiger partial charge in [-0.2, -0.15) is 0 Å². The van der Waals surface area contributed by atoms with Gasteiger partial charge in [-0.3, -0.25) is 0 Å². The third kappa shape index (κ3) is 3.41. The van der Waals surface area contributed by atoms with Gasteiger partial charge in [0.1, 0.15) is 0 Å². The van der Waals surface area contributed by atoms with Gasteiger partial charge in [0.2, 0.25) is 0 Å². The summed E-state index contributed by atoms with van der Waals surface area (Å²) in [5.74, 6) is 0.658. The van der Waals surface area contributed by atoms with Crippen molar-refractivity contribution in [3.05, 3.63) is 0 Å². The van der Waals surface area contributed by atoms with Gasteiger partial charge in [-0.05, 0) is 13.0 Å². The van der Waals surface area contributed by atoms with Gasteiger partial charge in [0, 0.05) is 12.0 Å². The summed E-state index contributed by atoms with van der Waals surface area (Å²) >= 11 is 0. The molecule has 0 aromatic carbocycles. The first-order valence-corrected chi connectivity index (χ1v) is 7.59. The molecule has 2 saturated heterocycles. The van der Waals surface area contributed by atoms with Crippen LogP contribution < -0.4 is 5.32 Å². The van der Waals surface area contributed by atoms with Crippen LogP contribution in [0.15, 0.2) is 0 Å². The summed E-state index contributed by atoms with van der Waals surface area (Å²) in [7, 11) is -2.90. The molecule has 6 heteroatoms. The zero-order chi connectivity index (χ0) is 11.4. The smallest absolute Gasteiger partial charge is 0.151 e. The van der Waals surface area contributed by atoms with Crippen molar-refractivity contribution in [1.29, 1.82) is 0 Å². The second-order valence-corrected chi connectivity index (χ2v) is 6.67. The molecule has 1 atom stereocenters. The fraction of sp³-hybridized carbons (Fsp3) is 1.00. The summed E-state index contributed by atoms with van der Waals surface area (Å²) < 4.78 is 34.2. The molecule has 0 saturated carbocycles. The summed E-state index contributed by atoms with van der Waals surface area (Å²) in [6.45, 7) is 3.16. The Kier molecular flexibility index (Phi) is 4.18. The van der Waals surface area contributed by atoms with E-state index in [2.05, 4.69) is 5.32 Å². The summed E-state index contributed by atoms with van der Waals surface area (Å²) in [6, 6.07) is -0.0226. The van der Waals surface area contributed by atoms with Crippen LogP contribution in [0.1, 0.15) is 6.42 Å². The Morgan fingerprint density at radius 3 is 2.50 bits per heavy atom. The van der Waals surface area contributed by atoms with Crippen molar-refractivity contribution >= 4 is 9.84 Å². The van der Waals surface area contributed by atoms with E-state index < -0.39 is 9.84 Å². The molecule has 0 aromatic heterocycles. The van der Waals surface area contributed by atoms with Gasteiger partial charge in [0.25, 0.3) is 0 Å². The van der Waals surface area contributed by atoms with E-state index in [1.165, 1.54) is 0 Å². The minimum Gasteiger partial charge on any atom is -0.379 e. The van der Waals surface area contributed by atoms with Crippen LogP contribution in [0.25, 0.3) is 0 Å². The zero-order valence-electron chi connectivity index (χ0n) is 9.35. The van der Waals surface area contributed by atoms with E-state index in [0.717, 1.165) is 6.54 Å². The molecular formula is C10H19NO4S. The van der Waals surface area contributed by atoms with Crippen molar-refractivity contribution in [1.82, 2.24) is 5.32 Å². The van der Waals surface area contributed by atoms with Gasteiger partial charge < -0.3 is 14.8 Å². The number of hydrogen-bond donors (Lipinski definition) is 1. The molecule has 94 valence electrons. The lowest BCUT2D eigenvalue weighted by atomic mass is 10.0. The van der Waals surface area contributed by atoms with Crippen molar-refractivity contribution in [2.45, 2.75) is 12.5 Å². The number of ether oxygens (including phenoxy) is 2. The van der Waals surface area contributed by atoms with Crippen LogP contribution in [-0.2, 0) is 19.3 Å². The third-order valence-electron chi connectivity index (χ3n) is 3.08. The second kappa shape index (κ2) is 5.44. The predicted octanol–water partition coefficient (Wildman–Crippen LogP) is -0.574. The summed E-state index contributed by atoms with van der Waals surface area (Å²) in [5.41, 5.74) is 0. The monoisotopic (exact) mass is 249 g/mol. The molecule has 0 amide bonds. The lowest BCUT2D eigenvalue weighted by molar-refractivity contribution is 0.103. The van der Waals surface area contributed by atoms with Crippen LogP contribution in [0.5, 0.6) is 0 Å². The number of rotatable bonds is 1. The van der Waals surface area contributed by atoms with Gasteiger partial charge in [0.05, 0.1) is 37.9 Å². The minimum absolute atomic E-state index is 0.0226. The lowest BCUT2D eigenvalue weighted by Crippen LogP contribution is -2.43. The van der Waals surface area contributed by atoms with Crippen molar-refractivity contribution in [3.8, 4) is 0 Å². The van der Waals surface area contributed by atoms with Gasteiger partial charge >= 0.3 is 0 Å². The topological polar surface area (TPSA) is 64.6 Å². The maximum atomic E-state index is 11.7. The van der Waals surface area contributed by atoms with Crippen molar-refractivity contribution in [3.63, 3.8) is 0 Å². The predicted molar refractivity (Wildman–Crippen MR) is 60.2 cm³/mol. The van der Waals surface area contributed by atoms with Gasteiger partial charge in [0.15, 0.2) is 9.84 Å². The summed E-state index contributed by atoms with van der Waals surface area (Å²) in [6.07, 6.45) is 0.702. The average molecular weight is 249 g/mol. The van der Waals surface area contributed by atoms with Crippen molar-refractivity contribution in [2.75, 3.05) is 44.5 Å². The largest absolute Gasteiger partial charge is 0.379 e. The SMILES string of the molecule is O=S1(=O)CCCNC(C2COCCOC2)C1. The van der Waals surface area contributed by atoms with E-state index in [0.29, 0.717) is 38.6 Å². The van der Waals surface area contributed by atoms with Crippen molar-refractivity contribution in [2.24, 2.45) is 5.92 Å². The normalized spacial score (nSPS) is 32.9. The average Bonchev–Trinajstić information content (AvgIpc) is 2.57. The van der Waals surface area contributed by atoms with E-state index in [1.807, 2.05) is 0 Å². The first kappa shape index (κ1) is 12.3. The fourth-order valence-electron chi connectivity index (χ4n) is 2.17. The van der Waals surface area contributed by atoms with Crippen LogP contribution in [-0.4, -0.2) is 58.9 Å². The lowest BCUT2D eigenvalue weighted by Gasteiger charge is -2.24. The molecule has 2 fully saturated rings. The van der Waals surface area contributed by atoms with Crippen LogP contribution in [0.4, 0.5) is 0 Å². The quantitative estimate of drug-likeness (QED) is 0.674. The molecule has 0 bridgehead atoms. The highest BCUT2D eigenvalue weighted by Crippen LogP contribution is 2.14.